The van der Waals surface area contributed by atoms with Crippen LogP contribution >= 0.6 is 0 Å². The molecule has 0 radical (unpaired) electrons. The molecule has 9 heteroatoms. The molecule has 1 aromatic heterocycles. The molecule has 1 heterocycles. The number of rotatable bonds is 6. The average Bonchev–Trinajstić information content (AvgIpc) is 3.05. The van der Waals surface area contributed by atoms with E-state index in [1.54, 1.807) is 12.1 Å². The van der Waals surface area contributed by atoms with E-state index in [1.165, 1.54) is 21.3 Å². The van der Waals surface area contributed by atoms with Gasteiger partial charge in [0.25, 0.3) is 11.7 Å². The monoisotopic (exact) mass is 293 g/mol. The fourth-order valence-electron chi connectivity index (χ4n) is 1.76. The first-order chi connectivity index (χ1) is 10.2. The van der Waals surface area contributed by atoms with E-state index in [2.05, 4.69) is 25.9 Å². The molecule has 2 rings (SSSR count). The number of aromatic nitrogens is 4. The molecular weight excluding hydrogens is 278 g/mol. The molecule has 1 amide bonds. The van der Waals surface area contributed by atoms with Crippen LogP contribution in [0.15, 0.2) is 12.1 Å². The summed E-state index contributed by atoms with van der Waals surface area (Å²) in [5.41, 5.74) is 0.779. The lowest BCUT2D eigenvalue weighted by molar-refractivity contribution is 0.0940. The summed E-state index contributed by atoms with van der Waals surface area (Å²) in [4.78, 5) is 11.7. The van der Waals surface area contributed by atoms with Crippen LogP contribution in [0.5, 0.6) is 17.2 Å². The first kappa shape index (κ1) is 14.6. The topological polar surface area (TPSA) is 111 Å². The summed E-state index contributed by atoms with van der Waals surface area (Å²) in [6.07, 6.45) is 0. The van der Waals surface area contributed by atoms with Gasteiger partial charge in [-0.05, 0) is 22.9 Å². The zero-order valence-electron chi connectivity index (χ0n) is 11.8. The Bertz CT molecular complexity index is 589. The maximum Gasteiger partial charge on any atom is 0.293 e. The second-order valence-electron chi connectivity index (χ2n) is 3.95. The summed E-state index contributed by atoms with van der Waals surface area (Å²) in [6, 6.07) is 3.50. The fraction of sp³-hybridized carbons (Fsp3) is 0.333. The predicted molar refractivity (Wildman–Crippen MR) is 71.4 cm³/mol. The number of H-pyrrole nitrogens is 1. The number of ether oxygens (including phenoxy) is 3. The van der Waals surface area contributed by atoms with E-state index in [0.717, 1.165) is 5.56 Å². The van der Waals surface area contributed by atoms with Gasteiger partial charge in [0, 0.05) is 6.54 Å². The van der Waals surface area contributed by atoms with Crippen molar-refractivity contribution >= 4 is 5.91 Å². The van der Waals surface area contributed by atoms with E-state index in [1.807, 2.05) is 0 Å². The number of hydrogen-bond acceptors (Lipinski definition) is 7. The van der Waals surface area contributed by atoms with Gasteiger partial charge < -0.3 is 19.5 Å². The standard InChI is InChI=1S/C12H15N5O4/c1-19-8-4-7(5-9(20-2)10(8)21-3)6-13-12(18)11-14-16-17-15-11/h4-5H,6H2,1-3H3,(H,13,18)(H,14,15,16,17). The first-order valence-electron chi connectivity index (χ1n) is 6.00. The third kappa shape index (κ3) is 3.19. The third-order valence-electron chi connectivity index (χ3n) is 2.73. The number of nitrogens with one attached hydrogen (secondary N) is 2. The summed E-state index contributed by atoms with van der Waals surface area (Å²) in [7, 11) is 4.58. The molecule has 112 valence electrons. The Hall–Kier alpha value is -2.84. The van der Waals surface area contributed by atoms with Crippen LogP contribution in [-0.2, 0) is 6.54 Å². The number of carbonyl (C=O) groups excluding carboxylic acids is 1. The van der Waals surface area contributed by atoms with E-state index in [9.17, 15) is 4.79 Å². The van der Waals surface area contributed by atoms with Crippen molar-refractivity contribution in [2.75, 3.05) is 21.3 Å². The Morgan fingerprint density at radius 2 is 1.86 bits per heavy atom. The van der Waals surface area contributed by atoms with Gasteiger partial charge in [0.05, 0.1) is 21.3 Å². The Labute approximate surface area is 120 Å². The van der Waals surface area contributed by atoms with E-state index >= 15 is 0 Å². The number of benzene rings is 1. The van der Waals surface area contributed by atoms with E-state index < -0.39 is 5.91 Å². The maximum absolute atomic E-state index is 11.7. The van der Waals surface area contributed by atoms with Crippen LogP contribution in [0.25, 0.3) is 0 Å². The summed E-state index contributed by atoms with van der Waals surface area (Å²) in [6.45, 7) is 0.254. The van der Waals surface area contributed by atoms with Crippen LogP contribution in [-0.4, -0.2) is 47.9 Å². The molecular formula is C12H15N5O4. The van der Waals surface area contributed by atoms with Crippen molar-refractivity contribution < 1.29 is 19.0 Å². The highest BCUT2D eigenvalue weighted by molar-refractivity contribution is 5.89. The molecule has 0 aliphatic carbocycles. The number of tetrazole rings is 1. The van der Waals surface area contributed by atoms with Crippen molar-refractivity contribution in [1.82, 2.24) is 25.9 Å². The highest BCUT2D eigenvalue weighted by atomic mass is 16.5. The van der Waals surface area contributed by atoms with Crippen LogP contribution in [0.2, 0.25) is 0 Å². The molecule has 0 bridgehead atoms. The smallest absolute Gasteiger partial charge is 0.293 e. The van der Waals surface area contributed by atoms with Gasteiger partial charge in [0.15, 0.2) is 11.5 Å². The van der Waals surface area contributed by atoms with Gasteiger partial charge in [-0.25, -0.2) is 0 Å². The number of carbonyl (C=O) groups is 1. The second kappa shape index (κ2) is 6.55. The normalized spacial score (nSPS) is 10.0. The quantitative estimate of drug-likeness (QED) is 0.780. The number of methoxy groups -OCH3 is 3. The van der Waals surface area contributed by atoms with Crippen LogP contribution < -0.4 is 19.5 Å². The minimum Gasteiger partial charge on any atom is -0.493 e. The molecule has 0 unspecified atom stereocenters. The van der Waals surface area contributed by atoms with Crippen molar-refractivity contribution in [2.24, 2.45) is 0 Å². The minimum atomic E-state index is -0.433. The SMILES string of the molecule is COc1cc(CNC(=O)c2nn[nH]n2)cc(OC)c1OC. The fourth-order valence-corrected chi connectivity index (χ4v) is 1.76. The van der Waals surface area contributed by atoms with Gasteiger partial charge >= 0.3 is 0 Å². The molecule has 0 aliphatic heterocycles. The molecule has 0 fully saturated rings. The lowest BCUT2D eigenvalue weighted by atomic mass is 10.1. The highest BCUT2D eigenvalue weighted by Crippen LogP contribution is 2.38. The van der Waals surface area contributed by atoms with Gasteiger partial charge in [-0.15, -0.1) is 10.2 Å². The van der Waals surface area contributed by atoms with Gasteiger partial charge in [0.1, 0.15) is 0 Å². The summed E-state index contributed by atoms with van der Waals surface area (Å²) >= 11 is 0. The summed E-state index contributed by atoms with van der Waals surface area (Å²) in [5.74, 6) is 1.06. The van der Waals surface area contributed by atoms with Crippen molar-refractivity contribution in [2.45, 2.75) is 6.54 Å². The van der Waals surface area contributed by atoms with E-state index in [-0.39, 0.29) is 12.4 Å². The van der Waals surface area contributed by atoms with Crippen LogP contribution in [0, 0.1) is 0 Å². The zero-order chi connectivity index (χ0) is 15.2. The lowest BCUT2D eigenvalue weighted by Gasteiger charge is -2.14. The Kier molecular flexibility index (Phi) is 4.54. The summed E-state index contributed by atoms with van der Waals surface area (Å²) in [5, 5.41) is 15.4. The number of aromatic amines is 1. The molecule has 2 N–H and O–H groups in total. The average molecular weight is 293 g/mol. The predicted octanol–water partition coefficient (Wildman–Crippen LogP) is 0.155. The second-order valence-corrected chi connectivity index (χ2v) is 3.95. The molecule has 9 nitrogen and oxygen atoms in total. The Morgan fingerprint density at radius 1 is 1.19 bits per heavy atom. The minimum absolute atomic E-state index is 0.0255. The number of hydrogen-bond donors (Lipinski definition) is 2. The number of nitrogens with zero attached hydrogens (tertiary/aromatic N) is 3. The zero-order valence-corrected chi connectivity index (χ0v) is 11.8. The van der Waals surface area contributed by atoms with E-state index in [4.69, 9.17) is 14.2 Å². The van der Waals surface area contributed by atoms with Crippen LogP contribution in [0.1, 0.15) is 16.2 Å². The molecule has 0 spiro atoms. The molecule has 0 saturated carbocycles. The van der Waals surface area contributed by atoms with Crippen LogP contribution in [0.4, 0.5) is 0 Å². The van der Waals surface area contributed by atoms with Gasteiger partial charge in [-0.1, -0.05) is 0 Å². The molecule has 21 heavy (non-hydrogen) atoms. The molecule has 0 aliphatic rings. The third-order valence-corrected chi connectivity index (χ3v) is 2.73. The van der Waals surface area contributed by atoms with Gasteiger partial charge in [-0.3, -0.25) is 4.79 Å². The van der Waals surface area contributed by atoms with Crippen molar-refractivity contribution in [3.05, 3.63) is 23.5 Å². The van der Waals surface area contributed by atoms with Crippen LogP contribution in [0.3, 0.4) is 0 Å². The van der Waals surface area contributed by atoms with Gasteiger partial charge in [0.2, 0.25) is 5.75 Å². The Balaban J connectivity index is 2.15. The van der Waals surface area contributed by atoms with Gasteiger partial charge in [-0.2, -0.15) is 5.21 Å². The Morgan fingerprint density at radius 3 is 2.33 bits per heavy atom. The highest BCUT2D eigenvalue weighted by Gasteiger charge is 2.15. The van der Waals surface area contributed by atoms with E-state index in [0.29, 0.717) is 17.2 Å². The molecule has 1 aromatic carbocycles. The summed E-state index contributed by atoms with van der Waals surface area (Å²) < 4.78 is 15.7. The lowest BCUT2D eigenvalue weighted by Crippen LogP contribution is -2.24. The molecule has 0 atom stereocenters. The first-order valence-corrected chi connectivity index (χ1v) is 6.00. The molecule has 2 aromatic rings. The largest absolute Gasteiger partial charge is 0.493 e. The van der Waals surface area contributed by atoms with Crippen molar-refractivity contribution in [1.29, 1.82) is 0 Å². The van der Waals surface area contributed by atoms with Crippen molar-refractivity contribution in [3.8, 4) is 17.2 Å². The maximum atomic E-state index is 11.7. The molecule has 0 saturated heterocycles. The van der Waals surface area contributed by atoms with Crippen molar-refractivity contribution in [3.63, 3.8) is 0 Å². The number of amides is 1.